The van der Waals surface area contributed by atoms with Gasteiger partial charge in [-0.05, 0) is 24.7 Å². The molecule has 1 fully saturated rings. The van der Waals surface area contributed by atoms with Crippen LogP contribution in [0.5, 0.6) is 0 Å². The monoisotopic (exact) mass is 298 g/mol. The van der Waals surface area contributed by atoms with E-state index in [4.69, 9.17) is 0 Å². The average Bonchev–Trinajstić information content (AvgIpc) is 2.39. The predicted octanol–water partition coefficient (Wildman–Crippen LogP) is 3.54. The van der Waals surface area contributed by atoms with Gasteiger partial charge in [-0.3, -0.25) is 0 Å². The molecule has 0 spiro atoms. The molecule has 2 amide bonds. The van der Waals surface area contributed by atoms with Gasteiger partial charge in [-0.15, -0.1) is 0 Å². The van der Waals surface area contributed by atoms with Gasteiger partial charge < -0.3 is 15.3 Å². The number of amides is 2. The zero-order chi connectivity index (χ0) is 15.9. The number of hydrogen-bond donors (Lipinski definition) is 2. The topological polar surface area (TPSA) is 52.6 Å². The molecule has 124 valence electrons. The fraction of sp³-hybridized carbons (Fsp3) is 0.941. The van der Waals surface area contributed by atoms with Gasteiger partial charge in [0.05, 0.1) is 12.1 Å². The molecule has 1 saturated carbocycles. The van der Waals surface area contributed by atoms with Crippen molar-refractivity contribution in [2.75, 3.05) is 13.1 Å². The Labute approximate surface area is 130 Å². The van der Waals surface area contributed by atoms with Crippen molar-refractivity contribution in [2.24, 2.45) is 5.41 Å². The van der Waals surface area contributed by atoms with Crippen LogP contribution in [0.15, 0.2) is 0 Å². The summed E-state index contributed by atoms with van der Waals surface area (Å²) < 4.78 is 0. The van der Waals surface area contributed by atoms with Crippen LogP contribution in [0.1, 0.15) is 72.6 Å². The van der Waals surface area contributed by atoms with E-state index in [1.54, 1.807) is 0 Å². The lowest BCUT2D eigenvalue weighted by atomic mass is 9.92. The number of unbranched alkanes of at least 4 members (excludes halogenated alkanes) is 2. The van der Waals surface area contributed by atoms with E-state index in [0.29, 0.717) is 0 Å². The number of aliphatic hydroxyl groups is 1. The highest BCUT2D eigenvalue weighted by atomic mass is 16.3. The first kappa shape index (κ1) is 18.3. The number of hydrogen-bond acceptors (Lipinski definition) is 2. The quantitative estimate of drug-likeness (QED) is 0.737. The summed E-state index contributed by atoms with van der Waals surface area (Å²) in [6.45, 7) is 10.2. The van der Waals surface area contributed by atoms with E-state index in [1.165, 1.54) is 0 Å². The smallest absolute Gasteiger partial charge is 0.317 e. The molecule has 2 unspecified atom stereocenters. The minimum atomic E-state index is -0.380. The second kappa shape index (κ2) is 8.62. The molecule has 0 heterocycles. The van der Waals surface area contributed by atoms with Gasteiger partial charge in [0, 0.05) is 13.1 Å². The lowest BCUT2D eigenvalue weighted by Crippen LogP contribution is -2.52. The standard InChI is InChI=1S/C17H34N2O2/c1-5-6-9-12-19(13-17(2,3)4)16(21)18-14-10-7-8-11-15(14)20/h14-15,20H,5-13H2,1-4H3,(H,18,21). The SMILES string of the molecule is CCCCCN(CC(C)(C)C)C(=O)NC1CCCCC1O. The Morgan fingerprint density at radius 2 is 1.90 bits per heavy atom. The summed E-state index contributed by atoms with van der Waals surface area (Å²) in [5.74, 6) is 0. The Bertz CT molecular complexity index is 312. The third-order valence-electron chi connectivity index (χ3n) is 4.02. The Kier molecular flexibility index (Phi) is 7.50. The highest BCUT2D eigenvalue weighted by Crippen LogP contribution is 2.20. The van der Waals surface area contributed by atoms with Gasteiger partial charge in [0.25, 0.3) is 0 Å². The van der Waals surface area contributed by atoms with Crippen LogP contribution in [-0.2, 0) is 0 Å². The average molecular weight is 298 g/mol. The number of urea groups is 1. The van der Waals surface area contributed by atoms with Crippen LogP contribution >= 0.6 is 0 Å². The largest absolute Gasteiger partial charge is 0.391 e. The van der Waals surface area contributed by atoms with Crippen LogP contribution in [0.2, 0.25) is 0 Å². The minimum Gasteiger partial charge on any atom is -0.391 e. The summed E-state index contributed by atoms with van der Waals surface area (Å²) in [6, 6.07) is -0.0770. The highest BCUT2D eigenvalue weighted by molar-refractivity contribution is 5.74. The molecular weight excluding hydrogens is 264 g/mol. The number of nitrogens with zero attached hydrogens (tertiary/aromatic N) is 1. The summed E-state index contributed by atoms with van der Waals surface area (Å²) in [6.07, 6.45) is 6.84. The summed E-state index contributed by atoms with van der Waals surface area (Å²) >= 11 is 0. The molecule has 1 aliphatic rings. The number of carbonyl (C=O) groups is 1. The number of carbonyl (C=O) groups excluding carboxylic acids is 1. The molecule has 0 aromatic rings. The molecule has 1 aliphatic carbocycles. The van der Waals surface area contributed by atoms with Crippen LogP contribution in [0.4, 0.5) is 4.79 Å². The maximum atomic E-state index is 12.5. The Morgan fingerprint density at radius 1 is 1.24 bits per heavy atom. The van der Waals surface area contributed by atoms with Crippen molar-refractivity contribution in [2.45, 2.75) is 84.8 Å². The number of aliphatic hydroxyl groups excluding tert-OH is 1. The van der Waals surface area contributed by atoms with E-state index >= 15 is 0 Å². The summed E-state index contributed by atoms with van der Waals surface area (Å²) in [5, 5.41) is 13.1. The van der Waals surface area contributed by atoms with Gasteiger partial charge in [-0.25, -0.2) is 4.79 Å². The summed E-state index contributed by atoms with van der Waals surface area (Å²) in [4.78, 5) is 14.5. The van der Waals surface area contributed by atoms with Crippen molar-refractivity contribution in [3.8, 4) is 0 Å². The molecule has 0 aromatic heterocycles. The lowest BCUT2D eigenvalue weighted by molar-refractivity contribution is 0.0877. The van der Waals surface area contributed by atoms with Gasteiger partial charge in [-0.2, -0.15) is 0 Å². The fourth-order valence-electron chi connectivity index (χ4n) is 2.91. The molecule has 2 atom stereocenters. The first-order valence-electron chi connectivity index (χ1n) is 8.57. The van der Waals surface area contributed by atoms with Gasteiger partial charge >= 0.3 is 6.03 Å². The fourth-order valence-corrected chi connectivity index (χ4v) is 2.91. The van der Waals surface area contributed by atoms with Crippen LogP contribution in [0.3, 0.4) is 0 Å². The van der Waals surface area contributed by atoms with Gasteiger partial charge in [0.1, 0.15) is 0 Å². The van der Waals surface area contributed by atoms with Crippen LogP contribution < -0.4 is 5.32 Å². The van der Waals surface area contributed by atoms with Crippen molar-refractivity contribution in [3.05, 3.63) is 0 Å². The summed E-state index contributed by atoms with van der Waals surface area (Å²) in [5.41, 5.74) is 0.0920. The van der Waals surface area contributed by atoms with Crippen molar-refractivity contribution in [3.63, 3.8) is 0 Å². The molecule has 1 rings (SSSR count). The van der Waals surface area contributed by atoms with Crippen LogP contribution in [0, 0.1) is 5.41 Å². The van der Waals surface area contributed by atoms with E-state index < -0.39 is 0 Å². The molecular formula is C17H34N2O2. The zero-order valence-corrected chi connectivity index (χ0v) is 14.3. The molecule has 21 heavy (non-hydrogen) atoms. The maximum Gasteiger partial charge on any atom is 0.317 e. The predicted molar refractivity (Wildman–Crippen MR) is 87.3 cm³/mol. The third kappa shape index (κ3) is 7.16. The van der Waals surface area contributed by atoms with Gasteiger partial charge in [0.15, 0.2) is 0 Å². The maximum absolute atomic E-state index is 12.5. The molecule has 4 nitrogen and oxygen atoms in total. The van der Waals surface area contributed by atoms with E-state index in [1.807, 2.05) is 4.90 Å². The molecule has 4 heteroatoms. The lowest BCUT2D eigenvalue weighted by Gasteiger charge is -2.34. The molecule has 0 saturated heterocycles. The highest BCUT2D eigenvalue weighted by Gasteiger charge is 2.27. The van der Waals surface area contributed by atoms with E-state index in [9.17, 15) is 9.90 Å². The Morgan fingerprint density at radius 3 is 2.48 bits per heavy atom. The first-order chi connectivity index (χ1) is 9.83. The second-order valence-corrected chi connectivity index (χ2v) is 7.60. The zero-order valence-electron chi connectivity index (χ0n) is 14.3. The van der Waals surface area contributed by atoms with E-state index in [2.05, 4.69) is 33.0 Å². The van der Waals surface area contributed by atoms with Crippen molar-refractivity contribution in [1.29, 1.82) is 0 Å². The molecule has 0 aromatic carbocycles. The molecule has 0 aliphatic heterocycles. The van der Waals surface area contributed by atoms with Crippen LogP contribution in [-0.4, -0.2) is 41.3 Å². The Balaban J connectivity index is 2.56. The van der Waals surface area contributed by atoms with Crippen molar-refractivity contribution in [1.82, 2.24) is 10.2 Å². The molecule has 2 N–H and O–H groups in total. The van der Waals surface area contributed by atoms with E-state index in [-0.39, 0.29) is 23.6 Å². The molecule has 0 bridgehead atoms. The minimum absolute atomic E-state index is 0.00743. The molecule has 0 radical (unpaired) electrons. The van der Waals surface area contributed by atoms with Crippen molar-refractivity contribution < 1.29 is 9.90 Å². The van der Waals surface area contributed by atoms with Gasteiger partial charge in [-0.1, -0.05) is 53.4 Å². The number of nitrogens with one attached hydrogen (secondary N) is 1. The van der Waals surface area contributed by atoms with Crippen LogP contribution in [0.25, 0.3) is 0 Å². The second-order valence-electron chi connectivity index (χ2n) is 7.60. The Hall–Kier alpha value is -0.770. The number of rotatable bonds is 6. The first-order valence-corrected chi connectivity index (χ1v) is 8.57. The summed E-state index contributed by atoms with van der Waals surface area (Å²) in [7, 11) is 0. The normalized spacial score (nSPS) is 22.9. The van der Waals surface area contributed by atoms with Gasteiger partial charge in [0.2, 0.25) is 0 Å². The van der Waals surface area contributed by atoms with Crippen molar-refractivity contribution >= 4 is 6.03 Å². The van der Waals surface area contributed by atoms with E-state index in [0.717, 1.165) is 58.0 Å². The third-order valence-corrected chi connectivity index (χ3v) is 4.02.